The molecule has 2 saturated heterocycles. The van der Waals surface area contributed by atoms with Crippen molar-refractivity contribution in [1.29, 1.82) is 0 Å². The smallest absolute Gasteiger partial charge is 0.369 e. The molecule has 2 aliphatic heterocycles. The molecule has 171 valence electrons. The molecule has 2 aromatic rings. The predicted molar refractivity (Wildman–Crippen MR) is 96.7 cm³/mol. The molecule has 4 unspecified atom stereocenters. The summed E-state index contributed by atoms with van der Waals surface area (Å²) < 4.78 is 53.0. The van der Waals surface area contributed by atoms with Crippen molar-refractivity contribution >= 4 is 41.4 Å². The number of aromatic amines is 1. The summed E-state index contributed by atoms with van der Waals surface area (Å²) in [6.45, 7) is -0.377. The Kier molecular flexibility index (Phi) is 9.28. The number of hydrogen-bond donors (Lipinski definition) is 6. The molecule has 4 heterocycles. The summed E-state index contributed by atoms with van der Waals surface area (Å²) in [5.74, 6) is -0.158. The van der Waals surface area contributed by atoms with E-state index in [9.17, 15) is 18.8 Å². The van der Waals surface area contributed by atoms with E-state index in [1.165, 1.54) is 10.9 Å². The van der Waals surface area contributed by atoms with E-state index < -0.39 is 54.4 Å². The van der Waals surface area contributed by atoms with Crippen molar-refractivity contribution in [2.24, 2.45) is 0 Å². The molecular weight excluding hydrogens is 564 g/mol. The second-order valence-corrected chi connectivity index (χ2v) is 8.55. The number of anilines is 1. The second kappa shape index (κ2) is 10.7. The quantitative estimate of drug-likeness (QED) is 0.219. The van der Waals surface area contributed by atoms with Crippen LogP contribution in [0.25, 0.3) is 11.2 Å². The molecule has 21 heteroatoms. The molecule has 2 fully saturated rings. The Labute approximate surface area is 198 Å². The Morgan fingerprint density at radius 1 is 1.29 bits per heavy atom. The topological polar surface area (TPSA) is 259 Å². The van der Waals surface area contributed by atoms with Gasteiger partial charge in [-0.25, -0.2) is 9.55 Å². The van der Waals surface area contributed by atoms with Crippen LogP contribution in [0.3, 0.4) is 0 Å². The molecule has 0 amide bonds. The zero-order valence-corrected chi connectivity index (χ0v) is 20.8. The van der Waals surface area contributed by atoms with Crippen LogP contribution in [0.2, 0.25) is 0 Å². The molecule has 7 N–H and O–H groups in total. The van der Waals surface area contributed by atoms with Crippen LogP contribution in [-0.2, 0) is 64.7 Å². The monoisotopic (exact) mass is 580 g/mol. The molecule has 4 rings (SSSR count). The van der Waals surface area contributed by atoms with E-state index in [2.05, 4.69) is 19.5 Å². The third-order valence-electron chi connectivity index (χ3n) is 3.89. The molecule has 2 aliphatic rings. The minimum atomic E-state index is -4.34. The summed E-state index contributed by atoms with van der Waals surface area (Å²) in [4.78, 5) is 54.8. The fourth-order valence-corrected chi connectivity index (χ4v) is 4.37. The summed E-state index contributed by atoms with van der Waals surface area (Å²) in [5.41, 5.74) is 5.01. The molecule has 0 saturated carbocycles. The molecule has 0 bridgehead atoms. The van der Waals surface area contributed by atoms with Gasteiger partial charge in [0, 0.05) is 32.7 Å². The van der Waals surface area contributed by atoms with Gasteiger partial charge in [0.15, 0.2) is 17.4 Å². The maximum atomic E-state index is 11.9. The summed E-state index contributed by atoms with van der Waals surface area (Å²) in [5, 5.41) is 0. The first-order valence-electron chi connectivity index (χ1n) is 7.83. The standard InChI is InChI=1S/C10H13N5O9P2.H3O3P.Y/c11-10-13-7-4(8(16)14-10)12-2-15(7)9-6-5(23-26(19,20)24-6)3(22-9)1-21-25(17)18;1-4(2)3;/h2-3,5-6,9,25H,1H2,(H,17,18)(H,19,20)(H3,11,13,14,16);4H,(H2,1,2,3);/t3-,5?,6?,9-;;/m1../s1. The molecule has 6 atom stereocenters. The number of phosphoric ester groups is 1. The Morgan fingerprint density at radius 2 is 1.90 bits per heavy atom. The third-order valence-corrected chi connectivity index (χ3v) is 5.32. The van der Waals surface area contributed by atoms with Gasteiger partial charge in [-0.2, -0.15) is 4.98 Å². The number of imidazole rings is 1. The van der Waals surface area contributed by atoms with Crippen LogP contribution < -0.4 is 11.3 Å². The summed E-state index contributed by atoms with van der Waals surface area (Å²) in [6.07, 6.45) is -2.92. The number of phosphoric acid groups is 1. The second-order valence-electron chi connectivity index (χ2n) is 5.81. The normalized spacial score (nSPS) is 30.5. The minimum Gasteiger partial charge on any atom is -0.369 e. The van der Waals surface area contributed by atoms with Crippen LogP contribution in [0.5, 0.6) is 0 Å². The number of nitrogens with one attached hydrogen (secondary N) is 1. The Bertz CT molecular complexity index is 1090. The third kappa shape index (κ3) is 6.36. The van der Waals surface area contributed by atoms with Gasteiger partial charge in [-0.3, -0.25) is 32.5 Å². The van der Waals surface area contributed by atoms with Gasteiger partial charge in [-0.1, -0.05) is 0 Å². The van der Waals surface area contributed by atoms with Gasteiger partial charge >= 0.3 is 24.3 Å². The zero-order valence-electron chi connectivity index (χ0n) is 15.1. The first kappa shape index (κ1) is 26.9. The van der Waals surface area contributed by atoms with E-state index >= 15 is 0 Å². The van der Waals surface area contributed by atoms with Crippen molar-refractivity contribution in [3.05, 3.63) is 16.7 Å². The fourth-order valence-electron chi connectivity index (χ4n) is 2.92. The summed E-state index contributed by atoms with van der Waals surface area (Å²) in [6, 6.07) is 0. The number of aromatic nitrogens is 4. The number of nitrogen functional groups attached to an aromatic ring is 1. The van der Waals surface area contributed by atoms with Crippen molar-refractivity contribution in [1.82, 2.24) is 19.5 Å². The van der Waals surface area contributed by atoms with Crippen LogP contribution in [0.4, 0.5) is 5.95 Å². The largest absolute Gasteiger partial charge is 0.473 e. The van der Waals surface area contributed by atoms with Crippen LogP contribution in [-0.4, -0.2) is 64.0 Å². The first-order valence-corrected chi connectivity index (χ1v) is 11.9. The van der Waals surface area contributed by atoms with Gasteiger partial charge in [0.05, 0.1) is 12.9 Å². The van der Waals surface area contributed by atoms with E-state index in [0.29, 0.717) is 0 Å². The first-order chi connectivity index (χ1) is 14.0. The summed E-state index contributed by atoms with van der Waals surface area (Å²) >= 11 is 0. The van der Waals surface area contributed by atoms with E-state index in [1.807, 2.05) is 0 Å². The van der Waals surface area contributed by atoms with E-state index in [4.69, 9.17) is 38.8 Å². The van der Waals surface area contributed by atoms with Gasteiger partial charge in [0.2, 0.25) is 5.95 Å². The molecule has 0 spiro atoms. The number of nitrogens with two attached hydrogens (primary N) is 1. The minimum absolute atomic E-state index is 0. The molecule has 0 aromatic carbocycles. The predicted octanol–water partition coefficient (Wildman–Crippen LogP) is -1.76. The van der Waals surface area contributed by atoms with Gasteiger partial charge in [0.25, 0.3) is 5.56 Å². The molecule has 0 aliphatic carbocycles. The molecular formula is C10H16N5O12P3Y. The van der Waals surface area contributed by atoms with Crippen molar-refractivity contribution in [2.75, 3.05) is 12.3 Å². The van der Waals surface area contributed by atoms with E-state index in [0.717, 1.165) is 0 Å². The van der Waals surface area contributed by atoms with E-state index in [-0.39, 0.29) is 56.4 Å². The molecule has 1 radical (unpaired) electrons. The van der Waals surface area contributed by atoms with Crippen LogP contribution in [0.15, 0.2) is 11.1 Å². The number of rotatable bonds is 4. The maximum absolute atomic E-state index is 11.9. The van der Waals surface area contributed by atoms with Crippen LogP contribution in [0.1, 0.15) is 6.23 Å². The molecule has 17 nitrogen and oxygen atoms in total. The number of H-pyrrole nitrogens is 1. The number of hydrogen-bond acceptors (Lipinski definition) is 11. The Balaban J connectivity index is 0.000000631. The van der Waals surface area contributed by atoms with Crippen molar-refractivity contribution in [3.63, 3.8) is 0 Å². The SMILES string of the molecule is Nc1nc2c(ncn2[C@@H]2O[C@H](CO[PH](=O)O)C3OP(=O)(O)OC32)c(=O)[nH]1.O=[PH](O)O.[Y]. The van der Waals surface area contributed by atoms with Crippen molar-refractivity contribution in [3.8, 4) is 0 Å². The van der Waals surface area contributed by atoms with Gasteiger partial charge < -0.3 is 34.6 Å². The summed E-state index contributed by atoms with van der Waals surface area (Å²) in [7, 11) is -10.7. The van der Waals surface area contributed by atoms with E-state index in [1.54, 1.807) is 0 Å². The number of ether oxygens (including phenoxy) is 1. The Morgan fingerprint density at radius 3 is 2.52 bits per heavy atom. The van der Waals surface area contributed by atoms with Crippen molar-refractivity contribution in [2.45, 2.75) is 24.5 Å². The number of nitrogens with zero attached hydrogens (tertiary/aromatic N) is 3. The molecule has 2 aromatic heterocycles. The Hall–Kier alpha value is -0.376. The average molecular weight is 580 g/mol. The van der Waals surface area contributed by atoms with Gasteiger partial charge in [-0.15, -0.1) is 0 Å². The number of fused-ring (bicyclic) bond motifs is 2. The maximum Gasteiger partial charge on any atom is 0.473 e. The fraction of sp³-hybridized carbons (Fsp3) is 0.500. The van der Waals surface area contributed by atoms with Crippen LogP contribution in [0, 0.1) is 0 Å². The molecule has 31 heavy (non-hydrogen) atoms. The zero-order chi connectivity index (χ0) is 22.2. The van der Waals surface area contributed by atoms with Gasteiger partial charge in [0.1, 0.15) is 18.3 Å². The average Bonchev–Trinajstić information content (AvgIpc) is 3.23. The van der Waals surface area contributed by atoms with Gasteiger partial charge in [-0.05, 0) is 0 Å². The van der Waals surface area contributed by atoms with Crippen LogP contribution >= 0.6 is 24.3 Å². The van der Waals surface area contributed by atoms with Crippen molar-refractivity contribution < 1.29 is 84.3 Å².